The summed E-state index contributed by atoms with van der Waals surface area (Å²) in [6, 6.07) is 15.4. The molecule has 152 valence electrons. The average Bonchev–Trinajstić information content (AvgIpc) is 2.78. The van der Waals surface area contributed by atoms with E-state index in [0.717, 1.165) is 41.9 Å². The Morgan fingerprint density at radius 2 is 1.38 bits per heavy atom. The quantitative estimate of drug-likeness (QED) is 0.389. The van der Waals surface area contributed by atoms with Crippen LogP contribution in [0.1, 0.15) is 33.1 Å². The number of unbranched alkanes of at least 4 members (excludes halogenated alkanes) is 1. The summed E-state index contributed by atoms with van der Waals surface area (Å²) in [5.74, 6) is 2.15. The molecule has 1 unspecified atom stereocenters. The highest BCUT2D eigenvalue weighted by Gasteiger charge is 2.06. The Labute approximate surface area is 171 Å². The van der Waals surface area contributed by atoms with Crippen molar-refractivity contribution in [3.05, 3.63) is 60.9 Å². The number of benzene rings is 2. The molecule has 1 aromatic heterocycles. The zero-order valence-electron chi connectivity index (χ0n) is 17.0. The first-order valence-electron chi connectivity index (χ1n) is 10.1. The normalized spacial score (nSPS) is 11.8. The van der Waals surface area contributed by atoms with Crippen molar-refractivity contribution >= 4 is 0 Å². The van der Waals surface area contributed by atoms with Crippen LogP contribution in [0.15, 0.2) is 60.9 Å². The van der Waals surface area contributed by atoms with Gasteiger partial charge in [0, 0.05) is 23.5 Å². The molecule has 4 nitrogen and oxygen atoms in total. The summed E-state index contributed by atoms with van der Waals surface area (Å²) in [6.45, 7) is 4.76. The van der Waals surface area contributed by atoms with E-state index < -0.39 is 6.17 Å². The number of aromatic nitrogens is 2. The second-order valence-electron chi connectivity index (χ2n) is 6.86. The molecular weight excluding hydrogens is 367 g/mol. The van der Waals surface area contributed by atoms with Crippen LogP contribution < -0.4 is 9.47 Å². The van der Waals surface area contributed by atoms with Crippen LogP contribution in [-0.4, -0.2) is 29.4 Å². The number of hydrogen-bond donors (Lipinski definition) is 0. The van der Waals surface area contributed by atoms with Gasteiger partial charge in [0.25, 0.3) is 0 Å². The fourth-order valence-electron chi connectivity index (χ4n) is 2.71. The molecule has 0 bridgehead atoms. The molecule has 0 aliphatic heterocycles. The average molecular weight is 394 g/mol. The predicted octanol–water partition coefficient (Wildman–Crippen LogP) is 6.12. The maximum atomic E-state index is 13.3. The molecule has 0 radical (unpaired) electrons. The lowest BCUT2D eigenvalue weighted by Crippen LogP contribution is -2.11. The summed E-state index contributed by atoms with van der Waals surface area (Å²) in [5.41, 5.74) is 2.87. The third kappa shape index (κ3) is 6.01. The zero-order chi connectivity index (χ0) is 20.5. The minimum Gasteiger partial charge on any atom is -0.494 e. The SMILES string of the molecule is CCCCOc1ccc(-c2cnc(-c3ccc(OCC(F)CC)cc3)nc2)cc1. The fraction of sp³-hybridized carbons (Fsp3) is 0.333. The van der Waals surface area contributed by atoms with Gasteiger partial charge in [-0.15, -0.1) is 0 Å². The highest BCUT2D eigenvalue weighted by Crippen LogP contribution is 2.24. The molecule has 29 heavy (non-hydrogen) atoms. The maximum absolute atomic E-state index is 13.3. The minimum atomic E-state index is -0.942. The number of nitrogens with zero attached hydrogens (tertiary/aromatic N) is 2. The molecular formula is C24H27FN2O2. The summed E-state index contributed by atoms with van der Waals surface area (Å²) < 4.78 is 24.4. The molecule has 1 heterocycles. The molecule has 0 saturated carbocycles. The van der Waals surface area contributed by atoms with Crippen molar-refractivity contribution in [2.24, 2.45) is 0 Å². The van der Waals surface area contributed by atoms with E-state index in [9.17, 15) is 4.39 Å². The highest BCUT2D eigenvalue weighted by atomic mass is 19.1. The van der Waals surface area contributed by atoms with Crippen LogP contribution in [0, 0.1) is 0 Å². The van der Waals surface area contributed by atoms with Crippen molar-refractivity contribution in [2.45, 2.75) is 39.3 Å². The lowest BCUT2D eigenvalue weighted by atomic mass is 10.1. The first-order chi connectivity index (χ1) is 14.2. The van der Waals surface area contributed by atoms with E-state index in [-0.39, 0.29) is 6.61 Å². The number of halogens is 1. The second kappa shape index (κ2) is 10.6. The summed E-state index contributed by atoms with van der Waals surface area (Å²) in [5, 5.41) is 0. The third-order valence-corrected chi connectivity index (χ3v) is 4.59. The lowest BCUT2D eigenvalue weighted by Gasteiger charge is -2.09. The molecule has 0 fully saturated rings. The van der Waals surface area contributed by atoms with Crippen LogP contribution in [0.3, 0.4) is 0 Å². The smallest absolute Gasteiger partial charge is 0.159 e. The monoisotopic (exact) mass is 394 g/mol. The Hall–Kier alpha value is -2.95. The molecule has 5 heteroatoms. The third-order valence-electron chi connectivity index (χ3n) is 4.59. The van der Waals surface area contributed by atoms with Gasteiger partial charge in [0.15, 0.2) is 5.82 Å². The Balaban J connectivity index is 1.62. The number of hydrogen-bond acceptors (Lipinski definition) is 4. The lowest BCUT2D eigenvalue weighted by molar-refractivity contribution is 0.192. The van der Waals surface area contributed by atoms with Crippen molar-refractivity contribution in [3.63, 3.8) is 0 Å². The van der Waals surface area contributed by atoms with Gasteiger partial charge in [0.1, 0.15) is 24.3 Å². The summed E-state index contributed by atoms with van der Waals surface area (Å²) >= 11 is 0. The van der Waals surface area contributed by atoms with Gasteiger partial charge in [-0.25, -0.2) is 14.4 Å². The number of alkyl halides is 1. The van der Waals surface area contributed by atoms with Crippen LogP contribution >= 0.6 is 0 Å². The van der Waals surface area contributed by atoms with Crippen molar-refractivity contribution < 1.29 is 13.9 Å². The number of rotatable bonds is 10. The molecule has 2 aromatic carbocycles. The maximum Gasteiger partial charge on any atom is 0.159 e. The molecule has 1 atom stereocenters. The van der Waals surface area contributed by atoms with Gasteiger partial charge in [-0.05, 0) is 54.8 Å². The molecule has 0 saturated heterocycles. The van der Waals surface area contributed by atoms with E-state index in [1.54, 1.807) is 6.92 Å². The summed E-state index contributed by atoms with van der Waals surface area (Å²) in [4.78, 5) is 8.96. The van der Waals surface area contributed by atoms with Gasteiger partial charge in [-0.2, -0.15) is 0 Å². The standard InChI is InChI=1S/C24H27FN2O2/c1-3-5-14-28-22-10-6-18(7-11-22)20-15-26-24(27-16-20)19-8-12-23(13-9-19)29-17-21(25)4-2/h6-13,15-16,21H,3-5,14,17H2,1-2H3. The highest BCUT2D eigenvalue weighted by molar-refractivity contribution is 5.64. The van der Waals surface area contributed by atoms with Crippen LogP contribution in [0.4, 0.5) is 4.39 Å². The first kappa shape index (κ1) is 20.8. The molecule has 0 aliphatic carbocycles. The predicted molar refractivity (Wildman–Crippen MR) is 114 cm³/mol. The Kier molecular flexibility index (Phi) is 7.56. The van der Waals surface area contributed by atoms with Crippen LogP contribution in [0.2, 0.25) is 0 Å². The summed E-state index contributed by atoms with van der Waals surface area (Å²) in [7, 11) is 0. The van der Waals surface area contributed by atoms with Crippen molar-refractivity contribution in [1.29, 1.82) is 0 Å². The zero-order valence-corrected chi connectivity index (χ0v) is 17.0. The molecule has 0 amide bonds. The first-order valence-corrected chi connectivity index (χ1v) is 10.1. The second-order valence-corrected chi connectivity index (χ2v) is 6.86. The van der Waals surface area contributed by atoms with Gasteiger partial charge < -0.3 is 9.47 Å². The van der Waals surface area contributed by atoms with Gasteiger partial charge in [0.2, 0.25) is 0 Å². The van der Waals surface area contributed by atoms with E-state index in [1.165, 1.54) is 0 Å². The van der Waals surface area contributed by atoms with Crippen LogP contribution in [-0.2, 0) is 0 Å². The molecule has 0 N–H and O–H groups in total. The Bertz CT molecular complexity index is 865. The minimum absolute atomic E-state index is 0.0729. The van der Waals surface area contributed by atoms with E-state index >= 15 is 0 Å². The van der Waals surface area contributed by atoms with E-state index in [4.69, 9.17) is 9.47 Å². The molecule has 0 spiro atoms. The van der Waals surface area contributed by atoms with E-state index in [0.29, 0.717) is 18.0 Å². The van der Waals surface area contributed by atoms with Crippen molar-refractivity contribution in [3.8, 4) is 34.0 Å². The topological polar surface area (TPSA) is 44.2 Å². The van der Waals surface area contributed by atoms with Gasteiger partial charge in [-0.3, -0.25) is 0 Å². The summed E-state index contributed by atoms with van der Waals surface area (Å²) in [6.07, 6.45) is 5.31. The van der Waals surface area contributed by atoms with Gasteiger partial charge >= 0.3 is 0 Å². The van der Waals surface area contributed by atoms with Gasteiger partial charge in [-0.1, -0.05) is 32.4 Å². The van der Waals surface area contributed by atoms with E-state index in [1.807, 2.05) is 60.9 Å². The molecule has 3 rings (SSSR count). The Morgan fingerprint density at radius 1 is 0.793 bits per heavy atom. The Morgan fingerprint density at radius 3 is 1.97 bits per heavy atom. The number of ether oxygens (including phenoxy) is 2. The van der Waals surface area contributed by atoms with Crippen LogP contribution in [0.5, 0.6) is 11.5 Å². The van der Waals surface area contributed by atoms with Crippen LogP contribution in [0.25, 0.3) is 22.5 Å². The largest absolute Gasteiger partial charge is 0.494 e. The molecule has 0 aliphatic rings. The van der Waals surface area contributed by atoms with Gasteiger partial charge in [0.05, 0.1) is 6.61 Å². The molecule has 3 aromatic rings. The fourth-order valence-corrected chi connectivity index (χ4v) is 2.71. The van der Waals surface area contributed by atoms with Crippen molar-refractivity contribution in [2.75, 3.05) is 13.2 Å². The van der Waals surface area contributed by atoms with Crippen molar-refractivity contribution in [1.82, 2.24) is 9.97 Å². The van der Waals surface area contributed by atoms with E-state index in [2.05, 4.69) is 16.9 Å².